The topological polar surface area (TPSA) is 38.3 Å². The third-order valence-corrected chi connectivity index (χ3v) is 2.42. The van der Waals surface area contributed by atoms with Crippen molar-refractivity contribution in [1.29, 1.82) is 0 Å². The van der Waals surface area contributed by atoms with E-state index in [4.69, 9.17) is 16.3 Å². The lowest BCUT2D eigenvalue weighted by molar-refractivity contribution is -0.120. The van der Waals surface area contributed by atoms with Crippen LogP contribution < -0.4 is 5.32 Å². The summed E-state index contributed by atoms with van der Waals surface area (Å²) in [6.07, 6.45) is 0. The molecule has 4 heteroatoms. The summed E-state index contributed by atoms with van der Waals surface area (Å²) in [7, 11) is 1.67. The molecule has 0 radical (unpaired) electrons. The fourth-order valence-corrected chi connectivity index (χ4v) is 1.15. The maximum absolute atomic E-state index is 11.2. The van der Waals surface area contributed by atoms with Crippen LogP contribution in [0.4, 0.5) is 0 Å². The predicted molar refractivity (Wildman–Crippen MR) is 58.5 cm³/mol. The number of ether oxygens (including phenoxy) is 1. The first-order valence-electron chi connectivity index (χ1n) is 4.89. The van der Waals surface area contributed by atoms with Crippen LogP contribution in [0.15, 0.2) is 0 Å². The van der Waals surface area contributed by atoms with Crippen molar-refractivity contribution < 1.29 is 9.53 Å². The van der Waals surface area contributed by atoms with Gasteiger partial charge in [0, 0.05) is 19.6 Å². The van der Waals surface area contributed by atoms with Crippen molar-refractivity contribution >= 4 is 17.5 Å². The van der Waals surface area contributed by atoms with E-state index >= 15 is 0 Å². The van der Waals surface area contributed by atoms with Crippen LogP contribution in [0, 0.1) is 11.8 Å². The normalized spacial score (nSPS) is 15.3. The van der Waals surface area contributed by atoms with Gasteiger partial charge in [0.1, 0.15) is 5.38 Å². The number of amides is 1. The Kier molecular flexibility index (Phi) is 6.93. The number of carbonyl (C=O) groups excluding carboxylic acids is 1. The highest BCUT2D eigenvalue weighted by Gasteiger charge is 2.15. The van der Waals surface area contributed by atoms with Gasteiger partial charge in [0.05, 0.1) is 6.61 Å². The van der Waals surface area contributed by atoms with Gasteiger partial charge in [-0.15, -0.1) is 11.6 Å². The number of methoxy groups -OCH3 is 1. The molecule has 0 spiro atoms. The van der Waals surface area contributed by atoms with Crippen LogP contribution in [0.3, 0.4) is 0 Å². The summed E-state index contributed by atoms with van der Waals surface area (Å²) < 4.78 is 5.07. The lowest BCUT2D eigenvalue weighted by Gasteiger charge is -2.20. The Morgan fingerprint density at radius 2 is 2.00 bits per heavy atom. The third-order valence-electron chi connectivity index (χ3n) is 2.22. The van der Waals surface area contributed by atoms with E-state index in [9.17, 15) is 4.79 Å². The molecule has 0 heterocycles. The monoisotopic (exact) mass is 221 g/mol. The van der Waals surface area contributed by atoms with E-state index in [1.165, 1.54) is 0 Å². The Labute approximate surface area is 91.2 Å². The molecule has 84 valence electrons. The maximum atomic E-state index is 11.2. The molecular formula is C10H20ClNO2. The van der Waals surface area contributed by atoms with Gasteiger partial charge in [0.2, 0.25) is 5.91 Å². The molecule has 2 atom stereocenters. The van der Waals surface area contributed by atoms with Crippen LogP contribution in [-0.2, 0) is 9.53 Å². The van der Waals surface area contributed by atoms with Crippen molar-refractivity contribution in [3.63, 3.8) is 0 Å². The zero-order chi connectivity index (χ0) is 11.1. The van der Waals surface area contributed by atoms with E-state index in [1.807, 2.05) is 0 Å². The standard InChI is InChI=1S/C10H20ClNO2/c1-7(2)9(6-14-4)5-12-10(13)8(3)11/h7-9H,5-6H2,1-4H3,(H,12,13). The molecule has 0 aromatic heterocycles. The molecule has 3 nitrogen and oxygen atoms in total. The molecule has 0 aromatic carbocycles. The summed E-state index contributed by atoms with van der Waals surface area (Å²) in [5.41, 5.74) is 0. The van der Waals surface area contributed by atoms with Crippen LogP contribution >= 0.6 is 11.6 Å². The molecule has 0 aromatic rings. The van der Waals surface area contributed by atoms with E-state index in [2.05, 4.69) is 19.2 Å². The van der Waals surface area contributed by atoms with E-state index in [1.54, 1.807) is 14.0 Å². The fourth-order valence-electron chi connectivity index (χ4n) is 1.07. The molecule has 0 aliphatic heterocycles. The minimum Gasteiger partial charge on any atom is -0.384 e. The predicted octanol–water partition coefficient (Wildman–Crippen LogP) is 1.65. The van der Waals surface area contributed by atoms with E-state index in [0.29, 0.717) is 25.0 Å². The Hall–Kier alpha value is -0.280. The van der Waals surface area contributed by atoms with Gasteiger partial charge < -0.3 is 10.1 Å². The highest BCUT2D eigenvalue weighted by atomic mass is 35.5. The Morgan fingerprint density at radius 3 is 2.36 bits per heavy atom. The van der Waals surface area contributed by atoms with Crippen LogP contribution in [0.25, 0.3) is 0 Å². The van der Waals surface area contributed by atoms with Gasteiger partial charge in [-0.25, -0.2) is 0 Å². The summed E-state index contributed by atoms with van der Waals surface area (Å²) in [5, 5.41) is 2.33. The molecule has 1 amide bonds. The smallest absolute Gasteiger partial charge is 0.237 e. The number of carbonyl (C=O) groups is 1. The van der Waals surface area contributed by atoms with Gasteiger partial charge >= 0.3 is 0 Å². The van der Waals surface area contributed by atoms with Crippen molar-refractivity contribution in [2.24, 2.45) is 11.8 Å². The number of alkyl halides is 1. The van der Waals surface area contributed by atoms with Crippen LogP contribution in [-0.4, -0.2) is 31.5 Å². The average Bonchev–Trinajstić information content (AvgIpc) is 2.10. The van der Waals surface area contributed by atoms with Crippen LogP contribution in [0.2, 0.25) is 0 Å². The van der Waals surface area contributed by atoms with E-state index in [0.717, 1.165) is 0 Å². The quantitative estimate of drug-likeness (QED) is 0.693. The summed E-state index contributed by atoms with van der Waals surface area (Å²) in [6.45, 7) is 7.17. The number of nitrogens with one attached hydrogen (secondary N) is 1. The molecule has 2 unspecified atom stereocenters. The molecule has 0 aliphatic rings. The van der Waals surface area contributed by atoms with E-state index in [-0.39, 0.29) is 5.91 Å². The number of rotatable bonds is 6. The molecule has 0 aliphatic carbocycles. The second kappa shape index (κ2) is 7.07. The van der Waals surface area contributed by atoms with Gasteiger partial charge in [0.25, 0.3) is 0 Å². The number of hydrogen-bond acceptors (Lipinski definition) is 2. The van der Waals surface area contributed by atoms with Gasteiger partial charge in [-0.1, -0.05) is 13.8 Å². The lowest BCUT2D eigenvalue weighted by atomic mass is 9.97. The van der Waals surface area contributed by atoms with E-state index < -0.39 is 5.38 Å². The third kappa shape index (κ3) is 5.45. The summed E-state index contributed by atoms with van der Waals surface area (Å²) >= 11 is 5.63. The summed E-state index contributed by atoms with van der Waals surface area (Å²) in [6, 6.07) is 0. The zero-order valence-corrected chi connectivity index (χ0v) is 10.1. The number of hydrogen-bond donors (Lipinski definition) is 1. The van der Waals surface area contributed by atoms with Gasteiger partial charge in [-0.3, -0.25) is 4.79 Å². The molecule has 1 N–H and O–H groups in total. The molecular weight excluding hydrogens is 202 g/mol. The first-order valence-corrected chi connectivity index (χ1v) is 5.33. The van der Waals surface area contributed by atoms with Crippen molar-refractivity contribution in [2.45, 2.75) is 26.1 Å². The minimum atomic E-state index is -0.467. The van der Waals surface area contributed by atoms with Crippen molar-refractivity contribution in [3.05, 3.63) is 0 Å². The molecule has 0 bridgehead atoms. The largest absolute Gasteiger partial charge is 0.384 e. The summed E-state index contributed by atoms with van der Waals surface area (Å²) in [4.78, 5) is 11.2. The van der Waals surface area contributed by atoms with Gasteiger partial charge in [-0.05, 0) is 12.8 Å². The number of halogens is 1. The minimum absolute atomic E-state index is 0.117. The van der Waals surface area contributed by atoms with Crippen molar-refractivity contribution in [1.82, 2.24) is 5.32 Å². The van der Waals surface area contributed by atoms with Gasteiger partial charge in [-0.2, -0.15) is 0 Å². The van der Waals surface area contributed by atoms with Crippen LogP contribution in [0.1, 0.15) is 20.8 Å². The second-order valence-corrected chi connectivity index (χ2v) is 4.48. The summed E-state index contributed by atoms with van der Waals surface area (Å²) in [5.74, 6) is 0.716. The Bertz CT molecular complexity index is 172. The molecule has 0 saturated carbocycles. The van der Waals surface area contributed by atoms with Gasteiger partial charge in [0.15, 0.2) is 0 Å². The second-order valence-electron chi connectivity index (χ2n) is 3.82. The van der Waals surface area contributed by atoms with Crippen LogP contribution in [0.5, 0.6) is 0 Å². The zero-order valence-electron chi connectivity index (χ0n) is 9.34. The lowest BCUT2D eigenvalue weighted by Crippen LogP contribution is -2.36. The fraction of sp³-hybridized carbons (Fsp3) is 0.900. The molecule has 0 saturated heterocycles. The first-order chi connectivity index (χ1) is 6.49. The van der Waals surface area contributed by atoms with Crippen molar-refractivity contribution in [3.8, 4) is 0 Å². The van der Waals surface area contributed by atoms with Crippen molar-refractivity contribution in [2.75, 3.05) is 20.3 Å². The maximum Gasteiger partial charge on any atom is 0.237 e. The highest BCUT2D eigenvalue weighted by molar-refractivity contribution is 6.30. The molecule has 0 fully saturated rings. The molecule has 0 rings (SSSR count). The highest BCUT2D eigenvalue weighted by Crippen LogP contribution is 2.09. The molecule has 14 heavy (non-hydrogen) atoms. The first kappa shape index (κ1) is 13.7. The Morgan fingerprint density at radius 1 is 1.43 bits per heavy atom. The average molecular weight is 222 g/mol. The Balaban J connectivity index is 3.87. The SMILES string of the molecule is COCC(CNC(=O)C(C)Cl)C(C)C.